The van der Waals surface area contributed by atoms with Crippen LogP contribution in [0.25, 0.3) is 0 Å². The Morgan fingerprint density at radius 1 is 1.73 bits per heavy atom. The van der Waals surface area contributed by atoms with Gasteiger partial charge in [-0.2, -0.15) is 0 Å². The maximum Gasteiger partial charge on any atom is 0.132 e. The first kappa shape index (κ1) is 8.50. The first-order valence-electron chi connectivity index (χ1n) is 3.47. The van der Waals surface area contributed by atoms with Crippen LogP contribution in [0.2, 0.25) is 5.15 Å². The first-order valence-corrected chi connectivity index (χ1v) is 3.85. The second-order valence-corrected chi connectivity index (χ2v) is 2.86. The van der Waals surface area contributed by atoms with Crippen LogP contribution < -0.4 is 0 Å². The SMILES string of the molecule is C[C@H](O)Cc1cccnc1Cl. The lowest BCUT2D eigenvalue weighted by Gasteiger charge is -2.04. The number of aliphatic hydroxyl groups is 1. The van der Waals surface area contributed by atoms with Gasteiger partial charge in [-0.3, -0.25) is 0 Å². The van der Waals surface area contributed by atoms with Gasteiger partial charge in [-0.15, -0.1) is 0 Å². The summed E-state index contributed by atoms with van der Waals surface area (Å²) in [7, 11) is 0. The van der Waals surface area contributed by atoms with Gasteiger partial charge in [0.25, 0.3) is 0 Å². The molecule has 60 valence electrons. The summed E-state index contributed by atoms with van der Waals surface area (Å²) >= 11 is 5.75. The molecule has 11 heavy (non-hydrogen) atoms. The smallest absolute Gasteiger partial charge is 0.132 e. The number of aliphatic hydroxyl groups excluding tert-OH is 1. The predicted molar refractivity (Wildman–Crippen MR) is 44.6 cm³/mol. The van der Waals surface area contributed by atoms with Crippen LogP contribution in [0, 0.1) is 0 Å². The molecular weight excluding hydrogens is 162 g/mol. The minimum Gasteiger partial charge on any atom is -0.393 e. The highest BCUT2D eigenvalue weighted by molar-refractivity contribution is 6.30. The van der Waals surface area contributed by atoms with Crippen LogP contribution in [-0.2, 0) is 6.42 Å². The van der Waals surface area contributed by atoms with E-state index in [2.05, 4.69) is 4.98 Å². The Labute approximate surface area is 70.8 Å². The molecule has 0 aliphatic rings. The van der Waals surface area contributed by atoms with Crippen LogP contribution in [0.15, 0.2) is 18.3 Å². The Morgan fingerprint density at radius 2 is 2.45 bits per heavy atom. The van der Waals surface area contributed by atoms with Crippen molar-refractivity contribution in [3.05, 3.63) is 29.0 Å². The van der Waals surface area contributed by atoms with Gasteiger partial charge in [-0.05, 0) is 18.6 Å². The lowest BCUT2D eigenvalue weighted by molar-refractivity contribution is 0.195. The van der Waals surface area contributed by atoms with Crippen molar-refractivity contribution >= 4 is 11.6 Å². The van der Waals surface area contributed by atoms with Crippen molar-refractivity contribution in [1.82, 2.24) is 4.98 Å². The summed E-state index contributed by atoms with van der Waals surface area (Å²) in [6, 6.07) is 3.67. The molecule has 0 amide bonds. The topological polar surface area (TPSA) is 33.1 Å². The highest BCUT2D eigenvalue weighted by atomic mass is 35.5. The van der Waals surface area contributed by atoms with E-state index in [-0.39, 0.29) is 6.10 Å². The third kappa shape index (κ3) is 2.48. The molecule has 2 nitrogen and oxygen atoms in total. The van der Waals surface area contributed by atoms with E-state index in [1.54, 1.807) is 13.1 Å². The molecule has 0 radical (unpaired) electrons. The van der Waals surface area contributed by atoms with Crippen molar-refractivity contribution in [1.29, 1.82) is 0 Å². The van der Waals surface area contributed by atoms with Crippen molar-refractivity contribution in [2.24, 2.45) is 0 Å². The average molecular weight is 172 g/mol. The van der Waals surface area contributed by atoms with Crippen LogP contribution in [0.1, 0.15) is 12.5 Å². The summed E-state index contributed by atoms with van der Waals surface area (Å²) in [6.45, 7) is 1.73. The molecular formula is C8H10ClNO. The number of hydrogen-bond donors (Lipinski definition) is 1. The summed E-state index contributed by atoms with van der Waals surface area (Å²) in [5, 5.41) is 9.52. The summed E-state index contributed by atoms with van der Waals surface area (Å²) in [4.78, 5) is 3.89. The van der Waals surface area contributed by atoms with E-state index >= 15 is 0 Å². The summed E-state index contributed by atoms with van der Waals surface area (Å²) in [5.74, 6) is 0. The van der Waals surface area contributed by atoms with Gasteiger partial charge in [0.2, 0.25) is 0 Å². The Balaban J connectivity index is 2.78. The van der Waals surface area contributed by atoms with E-state index in [4.69, 9.17) is 16.7 Å². The predicted octanol–water partition coefficient (Wildman–Crippen LogP) is 1.66. The molecule has 0 saturated heterocycles. The average Bonchev–Trinajstić information content (AvgIpc) is 1.93. The molecule has 3 heteroatoms. The van der Waals surface area contributed by atoms with Gasteiger partial charge in [-0.1, -0.05) is 17.7 Å². The fourth-order valence-corrected chi connectivity index (χ4v) is 1.09. The Morgan fingerprint density at radius 3 is 3.00 bits per heavy atom. The standard InChI is InChI=1S/C8H10ClNO/c1-6(11)5-7-3-2-4-10-8(7)9/h2-4,6,11H,5H2,1H3/t6-/m0/s1. The highest BCUT2D eigenvalue weighted by Crippen LogP contribution is 2.12. The molecule has 1 aromatic rings. The molecule has 0 saturated carbocycles. The molecule has 0 aliphatic carbocycles. The van der Waals surface area contributed by atoms with Crippen LogP contribution in [-0.4, -0.2) is 16.2 Å². The van der Waals surface area contributed by atoms with E-state index in [0.717, 1.165) is 5.56 Å². The van der Waals surface area contributed by atoms with Gasteiger partial charge < -0.3 is 5.11 Å². The minimum absolute atomic E-state index is 0.364. The van der Waals surface area contributed by atoms with Gasteiger partial charge in [0, 0.05) is 12.6 Å². The number of halogens is 1. The fraction of sp³-hybridized carbons (Fsp3) is 0.375. The normalized spacial score (nSPS) is 13.0. The van der Waals surface area contributed by atoms with Crippen LogP contribution >= 0.6 is 11.6 Å². The van der Waals surface area contributed by atoms with Crippen molar-refractivity contribution in [2.45, 2.75) is 19.4 Å². The molecule has 0 bridgehead atoms. The molecule has 0 spiro atoms. The number of rotatable bonds is 2. The van der Waals surface area contributed by atoms with Gasteiger partial charge in [0.05, 0.1) is 6.10 Å². The number of nitrogens with zero attached hydrogens (tertiary/aromatic N) is 1. The van der Waals surface area contributed by atoms with Crippen molar-refractivity contribution in [3.63, 3.8) is 0 Å². The van der Waals surface area contributed by atoms with E-state index in [1.807, 2.05) is 12.1 Å². The number of aromatic nitrogens is 1. The zero-order valence-electron chi connectivity index (χ0n) is 6.29. The molecule has 1 heterocycles. The highest BCUT2D eigenvalue weighted by Gasteiger charge is 2.02. The second-order valence-electron chi connectivity index (χ2n) is 2.51. The van der Waals surface area contributed by atoms with Gasteiger partial charge in [-0.25, -0.2) is 4.98 Å². The zero-order chi connectivity index (χ0) is 8.27. The second kappa shape index (κ2) is 3.69. The Hall–Kier alpha value is -0.600. The van der Waals surface area contributed by atoms with Crippen LogP contribution in [0.3, 0.4) is 0 Å². The number of hydrogen-bond acceptors (Lipinski definition) is 2. The largest absolute Gasteiger partial charge is 0.393 e. The van der Waals surface area contributed by atoms with Crippen LogP contribution in [0.4, 0.5) is 0 Å². The summed E-state index contributed by atoms with van der Waals surface area (Å²) < 4.78 is 0. The maximum absolute atomic E-state index is 9.04. The molecule has 1 rings (SSSR count). The first-order chi connectivity index (χ1) is 5.20. The molecule has 1 aromatic heterocycles. The van der Waals surface area contributed by atoms with E-state index < -0.39 is 0 Å². The van der Waals surface area contributed by atoms with Gasteiger partial charge in [0.15, 0.2) is 0 Å². The third-order valence-corrected chi connectivity index (χ3v) is 1.69. The molecule has 0 aliphatic heterocycles. The molecule has 0 fully saturated rings. The van der Waals surface area contributed by atoms with E-state index in [0.29, 0.717) is 11.6 Å². The maximum atomic E-state index is 9.04. The molecule has 0 aromatic carbocycles. The Kier molecular flexibility index (Phi) is 2.85. The van der Waals surface area contributed by atoms with Crippen molar-refractivity contribution < 1.29 is 5.11 Å². The zero-order valence-corrected chi connectivity index (χ0v) is 7.04. The van der Waals surface area contributed by atoms with Gasteiger partial charge >= 0.3 is 0 Å². The fourth-order valence-electron chi connectivity index (χ4n) is 0.890. The summed E-state index contributed by atoms with van der Waals surface area (Å²) in [5.41, 5.74) is 0.893. The third-order valence-electron chi connectivity index (χ3n) is 1.35. The summed E-state index contributed by atoms with van der Waals surface area (Å²) in [6.07, 6.45) is 1.83. The quantitative estimate of drug-likeness (QED) is 0.687. The Bertz CT molecular complexity index is 237. The lowest BCUT2D eigenvalue weighted by atomic mass is 10.1. The van der Waals surface area contributed by atoms with Crippen molar-refractivity contribution in [2.75, 3.05) is 0 Å². The van der Waals surface area contributed by atoms with Crippen LogP contribution in [0.5, 0.6) is 0 Å². The number of pyridine rings is 1. The molecule has 1 N–H and O–H groups in total. The minimum atomic E-state index is -0.364. The monoisotopic (exact) mass is 171 g/mol. The molecule has 0 unspecified atom stereocenters. The van der Waals surface area contributed by atoms with E-state index in [9.17, 15) is 0 Å². The van der Waals surface area contributed by atoms with Crippen molar-refractivity contribution in [3.8, 4) is 0 Å². The van der Waals surface area contributed by atoms with E-state index in [1.165, 1.54) is 0 Å². The molecule has 1 atom stereocenters. The van der Waals surface area contributed by atoms with Gasteiger partial charge in [0.1, 0.15) is 5.15 Å². The lowest BCUT2D eigenvalue weighted by Crippen LogP contribution is -2.04.